The number of amides is 1. The fourth-order valence-corrected chi connectivity index (χ4v) is 3.58. The molecule has 3 nitrogen and oxygen atoms in total. The topological polar surface area (TPSA) is 32.3 Å². The van der Waals surface area contributed by atoms with Gasteiger partial charge in [-0.05, 0) is 29.7 Å². The van der Waals surface area contributed by atoms with Crippen molar-refractivity contribution < 1.29 is 4.79 Å². The highest BCUT2D eigenvalue weighted by Gasteiger charge is 2.39. The van der Waals surface area contributed by atoms with E-state index in [2.05, 4.69) is 5.32 Å². The zero-order valence-electron chi connectivity index (χ0n) is 12.4. The van der Waals surface area contributed by atoms with Gasteiger partial charge >= 0.3 is 0 Å². The molecule has 2 aromatic carbocycles. The van der Waals surface area contributed by atoms with Gasteiger partial charge < -0.3 is 5.32 Å². The molecule has 0 aromatic heterocycles. The highest BCUT2D eigenvalue weighted by atomic mass is 35.6. The van der Waals surface area contributed by atoms with E-state index in [0.29, 0.717) is 5.56 Å². The summed E-state index contributed by atoms with van der Waals surface area (Å²) in [6, 6.07) is 13.4. The predicted octanol–water partition coefficient (Wildman–Crippen LogP) is 4.36. The van der Waals surface area contributed by atoms with Gasteiger partial charge in [-0.2, -0.15) is 0 Å². The first-order valence-corrected chi connectivity index (χ1v) is 8.69. The van der Waals surface area contributed by atoms with Gasteiger partial charge in [0.15, 0.2) is 0 Å². The van der Waals surface area contributed by atoms with E-state index in [1.807, 2.05) is 41.3 Å². The fourth-order valence-electron chi connectivity index (χ4n) is 3.01. The summed E-state index contributed by atoms with van der Waals surface area (Å²) in [5.41, 5.74) is 0.585. The monoisotopic (exact) mass is 370 g/mol. The minimum absolute atomic E-state index is 0.231. The lowest BCUT2D eigenvalue weighted by molar-refractivity contribution is 0.0876. The first-order chi connectivity index (χ1) is 11.0. The maximum absolute atomic E-state index is 12.8. The normalized spacial score (nSPS) is 17.3. The zero-order chi connectivity index (χ0) is 16.4. The molecule has 1 aliphatic heterocycles. The SMILES string of the molecule is O=C(N[C@H](N1CCCC1)C(Cl)(Cl)Cl)c1cccc2ccccc12. The van der Waals surface area contributed by atoms with Crippen LogP contribution < -0.4 is 5.32 Å². The first-order valence-electron chi connectivity index (χ1n) is 7.56. The zero-order valence-corrected chi connectivity index (χ0v) is 14.7. The Kier molecular flexibility index (Phi) is 5.02. The van der Waals surface area contributed by atoms with E-state index >= 15 is 0 Å². The number of rotatable bonds is 3. The van der Waals surface area contributed by atoms with Crippen molar-refractivity contribution >= 4 is 51.5 Å². The molecular weight excluding hydrogens is 355 g/mol. The van der Waals surface area contributed by atoms with Crippen LogP contribution in [0.1, 0.15) is 23.2 Å². The van der Waals surface area contributed by atoms with E-state index in [0.717, 1.165) is 36.7 Å². The quantitative estimate of drug-likeness (QED) is 0.813. The number of carbonyl (C=O) groups is 1. The van der Waals surface area contributed by atoms with Gasteiger partial charge in [0, 0.05) is 18.7 Å². The Morgan fingerprint density at radius 2 is 1.70 bits per heavy atom. The molecule has 1 amide bonds. The standard InChI is InChI=1S/C17H17Cl3N2O/c18-17(19,20)16(22-10-3-4-11-22)21-15(23)14-9-5-7-12-6-1-2-8-13(12)14/h1-2,5-9,16H,3-4,10-11H2,(H,21,23)/t16-/m1/s1. The van der Waals surface area contributed by atoms with Crippen molar-refractivity contribution in [2.75, 3.05) is 13.1 Å². The van der Waals surface area contributed by atoms with Crippen LogP contribution in [0.5, 0.6) is 0 Å². The average Bonchev–Trinajstić information content (AvgIpc) is 3.04. The summed E-state index contributed by atoms with van der Waals surface area (Å²) in [7, 11) is 0. The van der Waals surface area contributed by atoms with E-state index in [1.165, 1.54) is 0 Å². The van der Waals surface area contributed by atoms with Gasteiger partial charge in [0.05, 0.1) is 0 Å². The molecule has 0 spiro atoms. The van der Waals surface area contributed by atoms with Crippen LogP contribution in [0.2, 0.25) is 0 Å². The van der Waals surface area contributed by atoms with Gasteiger partial charge in [0.2, 0.25) is 3.79 Å². The molecule has 23 heavy (non-hydrogen) atoms. The summed E-state index contributed by atoms with van der Waals surface area (Å²) in [6.07, 6.45) is 1.45. The molecule has 1 N–H and O–H groups in total. The second-order valence-corrected chi connectivity index (χ2v) is 8.06. The molecule has 2 aromatic rings. The third-order valence-electron chi connectivity index (χ3n) is 4.12. The molecule has 0 bridgehead atoms. The highest BCUT2D eigenvalue weighted by Crippen LogP contribution is 2.34. The van der Waals surface area contributed by atoms with E-state index in [9.17, 15) is 4.79 Å². The van der Waals surface area contributed by atoms with Crippen molar-refractivity contribution in [2.24, 2.45) is 0 Å². The van der Waals surface area contributed by atoms with E-state index < -0.39 is 9.96 Å². The fraction of sp³-hybridized carbons (Fsp3) is 0.353. The number of nitrogens with one attached hydrogen (secondary N) is 1. The van der Waals surface area contributed by atoms with E-state index in [4.69, 9.17) is 34.8 Å². The Labute approximate surface area is 150 Å². The molecule has 0 unspecified atom stereocenters. The Morgan fingerprint density at radius 1 is 1.04 bits per heavy atom. The Balaban J connectivity index is 1.89. The molecule has 1 heterocycles. The minimum Gasteiger partial charge on any atom is -0.332 e. The van der Waals surface area contributed by atoms with Crippen molar-refractivity contribution in [2.45, 2.75) is 22.8 Å². The van der Waals surface area contributed by atoms with E-state index in [-0.39, 0.29) is 5.91 Å². The average molecular weight is 372 g/mol. The molecule has 1 aliphatic rings. The van der Waals surface area contributed by atoms with Gasteiger partial charge in [-0.15, -0.1) is 0 Å². The van der Waals surface area contributed by atoms with Crippen LogP contribution in [0.25, 0.3) is 10.8 Å². The highest BCUT2D eigenvalue weighted by molar-refractivity contribution is 6.68. The lowest BCUT2D eigenvalue weighted by Gasteiger charge is -2.33. The summed E-state index contributed by atoms with van der Waals surface area (Å²) >= 11 is 18.3. The molecule has 0 saturated carbocycles. The van der Waals surface area contributed by atoms with Crippen molar-refractivity contribution in [3.63, 3.8) is 0 Å². The molecule has 6 heteroatoms. The largest absolute Gasteiger partial charge is 0.332 e. The van der Waals surface area contributed by atoms with Crippen molar-refractivity contribution in [1.82, 2.24) is 10.2 Å². The minimum atomic E-state index is -1.58. The van der Waals surface area contributed by atoms with Crippen LogP contribution in [-0.4, -0.2) is 33.9 Å². The van der Waals surface area contributed by atoms with Crippen LogP contribution in [-0.2, 0) is 0 Å². The number of carbonyl (C=O) groups excluding carboxylic acids is 1. The predicted molar refractivity (Wildman–Crippen MR) is 96.3 cm³/mol. The Hall–Kier alpha value is -1.00. The smallest absolute Gasteiger partial charge is 0.253 e. The Morgan fingerprint density at radius 3 is 2.39 bits per heavy atom. The van der Waals surface area contributed by atoms with Gasteiger partial charge in [-0.1, -0.05) is 71.2 Å². The Bertz CT molecular complexity index is 703. The number of alkyl halides is 3. The number of benzene rings is 2. The van der Waals surface area contributed by atoms with Crippen LogP contribution in [0.3, 0.4) is 0 Å². The molecule has 0 aliphatic carbocycles. The number of hydrogen-bond donors (Lipinski definition) is 1. The van der Waals surface area contributed by atoms with Gasteiger partial charge in [-0.25, -0.2) is 0 Å². The van der Waals surface area contributed by atoms with Gasteiger partial charge in [0.25, 0.3) is 5.91 Å². The van der Waals surface area contributed by atoms with E-state index in [1.54, 1.807) is 6.07 Å². The molecule has 3 rings (SSSR count). The maximum Gasteiger partial charge on any atom is 0.253 e. The summed E-state index contributed by atoms with van der Waals surface area (Å²) < 4.78 is -1.58. The molecule has 1 atom stereocenters. The van der Waals surface area contributed by atoms with Crippen molar-refractivity contribution in [1.29, 1.82) is 0 Å². The number of fused-ring (bicyclic) bond motifs is 1. The second kappa shape index (κ2) is 6.86. The lowest BCUT2D eigenvalue weighted by Crippen LogP contribution is -2.54. The third kappa shape index (κ3) is 3.74. The van der Waals surface area contributed by atoms with Crippen LogP contribution in [0.15, 0.2) is 42.5 Å². The number of nitrogens with zero attached hydrogens (tertiary/aromatic N) is 1. The first kappa shape index (κ1) is 16.8. The number of halogens is 3. The second-order valence-electron chi connectivity index (χ2n) is 5.69. The lowest BCUT2D eigenvalue weighted by atomic mass is 10.0. The van der Waals surface area contributed by atoms with Gasteiger partial charge in [0.1, 0.15) is 6.17 Å². The third-order valence-corrected chi connectivity index (χ3v) is 4.74. The molecule has 122 valence electrons. The summed E-state index contributed by atoms with van der Waals surface area (Å²) in [5.74, 6) is -0.231. The summed E-state index contributed by atoms with van der Waals surface area (Å²) in [6.45, 7) is 1.63. The number of likely N-dealkylation sites (tertiary alicyclic amines) is 1. The van der Waals surface area contributed by atoms with Crippen molar-refractivity contribution in [3.8, 4) is 0 Å². The summed E-state index contributed by atoms with van der Waals surface area (Å²) in [5, 5.41) is 4.79. The summed E-state index contributed by atoms with van der Waals surface area (Å²) in [4.78, 5) is 14.8. The van der Waals surface area contributed by atoms with Crippen LogP contribution in [0.4, 0.5) is 0 Å². The molecule has 1 fully saturated rings. The van der Waals surface area contributed by atoms with Crippen LogP contribution >= 0.6 is 34.8 Å². The molecule has 0 radical (unpaired) electrons. The van der Waals surface area contributed by atoms with Crippen molar-refractivity contribution in [3.05, 3.63) is 48.0 Å². The molecular formula is C17H17Cl3N2O. The number of hydrogen-bond acceptors (Lipinski definition) is 2. The van der Waals surface area contributed by atoms with Crippen LogP contribution in [0, 0.1) is 0 Å². The van der Waals surface area contributed by atoms with Gasteiger partial charge in [-0.3, -0.25) is 9.69 Å². The maximum atomic E-state index is 12.8. The molecule has 1 saturated heterocycles.